The third kappa shape index (κ3) is 3.76. The second-order valence-corrected chi connectivity index (χ2v) is 7.82. The molecule has 0 unspecified atom stereocenters. The van der Waals surface area contributed by atoms with Crippen LogP contribution in [0.5, 0.6) is 0 Å². The van der Waals surface area contributed by atoms with Gasteiger partial charge in [-0.15, -0.1) is 0 Å². The van der Waals surface area contributed by atoms with Crippen LogP contribution >= 0.6 is 23.4 Å². The van der Waals surface area contributed by atoms with Gasteiger partial charge in [0.1, 0.15) is 0 Å². The van der Waals surface area contributed by atoms with E-state index in [4.69, 9.17) is 11.6 Å². The number of nitrogens with zero attached hydrogens (tertiary/aromatic N) is 3. The lowest BCUT2D eigenvalue weighted by atomic mass is 10.2. The van der Waals surface area contributed by atoms with Crippen LogP contribution in [0.1, 0.15) is 5.56 Å². The molecule has 1 aliphatic rings. The average molecular weight is 412 g/mol. The summed E-state index contributed by atoms with van der Waals surface area (Å²) < 4.78 is 1.97. The summed E-state index contributed by atoms with van der Waals surface area (Å²) in [4.78, 5) is 21.3. The molecular formula is C20H18ClN5OS. The molecule has 0 bridgehead atoms. The number of halogens is 1. The van der Waals surface area contributed by atoms with E-state index >= 15 is 0 Å². The molecule has 142 valence electrons. The van der Waals surface area contributed by atoms with E-state index < -0.39 is 0 Å². The molecular weight excluding hydrogens is 394 g/mol. The van der Waals surface area contributed by atoms with Crippen molar-refractivity contribution in [3.05, 3.63) is 65.1 Å². The van der Waals surface area contributed by atoms with Crippen LogP contribution in [0, 0.1) is 6.92 Å². The fourth-order valence-corrected chi connectivity index (χ4v) is 3.95. The van der Waals surface area contributed by atoms with Gasteiger partial charge >= 0.3 is 0 Å². The molecule has 0 atom stereocenters. The van der Waals surface area contributed by atoms with E-state index in [2.05, 4.69) is 20.6 Å². The van der Waals surface area contributed by atoms with Crippen LogP contribution in [0.4, 0.5) is 11.4 Å². The van der Waals surface area contributed by atoms with E-state index in [0.29, 0.717) is 22.0 Å². The zero-order valence-electron chi connectivity index (χ0n) is 15.4. The van der Waals surface area contributed by atoms with Gasteiger partial charge in [0.2, 0.25) is 0 Å². The monoisotopic (exact) mass is 411 g/mol. The van der Waals surface area contributed by atoms with E-state index in [1.807, 2.05) is 48.9 Å². The molecule has 2 heterocycles. The number of amidine groups is 1. The summed E-state index contributed by atoms with van der Waals surface area (Å²) in [6.45, 7) is 1.91. The lowest BCUT2D eigenvalue weighted by molar-refractivity contribution is -0.112. The van der Waals surface area contributed by atoms with Crippen LogP contribution in [0.15, 0.2) is 59.5 Å². The van der Waals surface area contributed by atoms with Crippen molar-refractivity contribution in [1.82, 2.24) is 9.55 Å². The Morgan fingerprint density at radius 3 is 2.89 bits per heavy atom. The largest absolute Gasteiger partial charge is 0.335 e. The van der Waals surface area contributed by atoms with E-state index in [1.165, 1.54) is 11.8 Å². The first-order valence-electron chi connectivity index (χ1n) is 8.65. The van der Waals surface area contributed by atoms with Crippen molar-refractivity contribution in [2.45, 2.75) is 6.92 Å². The van der Waals surface area contributed by atoms with Crippen LogP contribution < -0.4 is 10.6 Å². The Morgan fingerprint density at radius 2 is 2.14 bits per heavy atom. The lowest BCUT2D eigenvalue weighted by Gasteiger charge is -2.16. The van der Waals surface area contributed by atoms with E-state index in [0.717, 1.165) is 27.5 Å². The number of hydrogen-bond donors (Lipinski definition) is 2. The summed E-state index contributed by atoms with van der Waals surface area (Å²) in [7, 11) is 1.96. The molecule has 0 fully saturated rings. The normalized spacial score (nSPS) is 13.8. The zero-order chi connectivity index (χ0) is 19.7. The molecule has 1 aromatic heterocycles. The predicted molar refractivity (Wildman–Crippen MR) is 117 cm³/mol. The number of carbonyl (C=O) groups is 1. The fourth-order valence-electron chi connectivity index (χ4n) is 2.86. The Morgan fingerprint density at radius 1 is 1.29 bits per heavy atom. The number of thioether (sulfide) groups is 1. The zero-order valence-corrected chi connectivity index (χ0v) is 16.9. The Hall–Kier alpha value is -2.77. The van der Waals surface area contributed by atoms with Gasteiger partial charge in [-0.2, -0.15) is 0 Å². The van der Waals surface area contributed by atoms with E-state index in [1.54, 1.807) is 18.6 Å². The van der Waals surface area contributed by atoms with Crippen molar-refractivity contribution in [3.8, 4) is 0 Å². The maximum atomic E-state index is 12.5. The molecule has 2 aromatic carbocycles. The number of anilines is 2. The number of amides is 1. The molecule has 0 radical (unpaired) electrons. The van der Waals surface area contributed by atoms with Crippen LogP contribution in [-0.2, 0) is 11.8 Å². The summed E-state index contributed by atoms with van der Waals surface area (Å²) >= 11 is 7.67. The van der Waals surface area contributed by atoms with Gasteiger partial charge in [0, 0.05) is 30.3 Å². The molecule has 2 N–H and O–H groups in total. The third-order valence-electron chi connectivity index (χ3n) is 4.43. The van der Waals surface area contributed by atoms with Crippen molar-refractivity contribution in [1.29, 1.82) is 0 Å². The Labute approximate surface area is 171 Å². The minimum atomic E-state index is -0.192. The summed E-state index contributed by atoms with van der Waals surface area (Å²) in [6.07, 6.45) is 3.39. The highest BCUT2D eigenvalue weighted by Gasteiger charge is 2.17. The number of para-hydroxylation sites is 1. The molecule has 1 amide bonds. The molecule has 0 aliphatic carbocycles. The number of fused-ring (bicyclic) bond motifs is 1. The lowest BCUT2D eigenvalue weighted by Crippen LogP contribution is -2.20. The SMILES string of the molecule is Cc1cccc(Cl)c1NC(=O)C1=CN=C(Nc2ccc3ncn(C)c3c2)SC1. The number of imidazole rings is 1. The van der Waals surface area contributed by atoms with Crippen molar-refractivity contribution in [2.75, 3.05) is 16.4 Å². The van der Waals surface area contributed by atoms with Crippen molar-refractivity contribution < 1.29 is 4.79 Å². The average Bonchev–Trinajstić information content (AvgIpc) is 3.06. The molecule has 1 aliphatic heterocycles. The molecule has 6 nitrogen and oxygen atoms in total. The number of carbonyl (C=O) groups excluding carboxylic acids is 1. The van der Waals surface area contributed by atoms with Crippen molar-refractivity contribution >= 4 is 56.8 Å². The highest BCUT2D eigenvalue weighted by molar-refractivity contribution is 8.14. The standard InChI is InChI=1S/C20H18ClN5OS/c1-12-4-3-5-15(21)18(12)25-19(27)13-9-22-20(28-10-13)24-14-6-7-16-17(8-14)26(2)11-23-16/h3-9,11H,10H2,1-2H3,(H,22,24)(H,25,27). The molecule has 28 heavy (non-hydrogen) atoms. The Bertz CT molecular complexity index is 1110. The molecule has 4 rings (SSSR count). The molecule has 0 saturated heterocycles. The van der Waals surface area contributed by atoms with Gasteiger partial charge in [-0.1, -0.05) is 35.5 Å². The highest BCUT2D eigenvalue weighted by Crippen LogP contribution is 2.27. The predicted octanol–water partition coefficient (Wildman–Crippen LogP) is 4.57. The summed E-state index contributed by atoms with van der Waals surface area (Å²) in [5.41, 5.74) is 5.06. The Balaban J connectivity index is 1.47. The van der Waals surface area contributed by atoms with Crippen molar-refractivity contribution in [3.63, 3.8) is 0 Å². The van der Waals surface area contributed by atoms with E-state index in [-0.39, 0.29) is 5.91 Å². The minimum absolute atomic E-state index is 0.192. The number of aromatic nitrogens is 2. The maximum Gasteiger partial charge on any atom is 0.254 e. The number of hydrogen-bond acceptors (Lipinski definition) is 5. The van der Waals surface area contributed by atoms with Gasteiger partial charge in [0.25, 0.3) is 5.91 Å². The van der Waals surface area contributed by atoms with Crippen LogP contribution in [-0.4, -0.2) is 26.4 Å². The van der Waals surface area contributed by atoms with Gasteiger partial charge in [0.15, 0.2) is 5.17 Å². The minimum Gasteiger partial charge on any atom is -0.335 e. The van der Waals surface area contributed by atoms with Crippen LogP contribution in [0.3, 0.4) is 0 Å². The van der Waals surface area contributed by atoms with Crippen LogP contribution in [0.25, 0.3) is 11.0 Å². The van der Waals surface area contributed by atoms with Gasteiger partial charge in [0.05, 0.1) is 28.1 Å². The third-order valence-corrected chi connectivity index (χ3v) is 5.68. The number of rotatable bonds is 3. The summed E-state index contributed by atoms with van der Waals surface area (Å²) in [5.74, 6) is 0.331. The summed E-state index contributed by atoms with van der Waals surface area (Å²) in [5, 5.41) is 7.44. The highest BCUT2D eigenvalue weighted by atomic mass is 35.5. The molecule has 0 saturated carbocycles. The second kappa shape index (κ2) is 7.69. The number of aliphatic imine (C=N–C) groups is 1. The van der Waals surface area contributed by atoms with Crippen LogP contribution in [0.2, 0.25) is 5.02 Å². The smallest absolute Gasteiger partial charge is 0.254 e. The first kappa shape index (κ1) is 18.6. The van der Waals surface area contributed by atoms with Gasteiger partial charge in [-0.05, 0) is 36.8 Å². The van der Waals surface area contributed by atoms with Gasteiger partial charge in [-0.3, -0.25) is 4.79 Å². The van der Waals surface area contributed by atoms with E-state index in [9.17, 15) is 4.79 Å². The first-order chi connectivity index (χ1) is 13.5. The maximum absolute atomic E-state index is 12.5. The van der Waals surface area contributed by atoms with Crippen molar-refractivity contribution in [2.24, 2.45) is 12.0 Å². The quantitative estimate of drug-likeness (QED) is 0.662. The van der Waals surface area contributed by atoms with Gasteiger partial charge < -0.3 is 15.2 Å². The number of benzene rings is 2. The number of aryl methyl sites for hydroxylation is 2. The molecule has 0 spiro atoms. The Kier molecular flexibility index (Phi) is 5.11. The first-order valence-corrected chi connectivity index (χ1v) is 10.0. The molecule has 8 heteroatoms. The summed E-state index contributed by atoms with van der Waals surface area (Å²) in [6, 6.07) is 11.5. The second-order valence-electron chi connectivity index (χ2n) is 6.45. The fraction of sp³-hybridized carbons (Fsp3) is 0.150. The topological polar surface area (TPSA) is 71.3 Å². The molecule has 3 aromatic rings. The van der Waals surface area contributed by atoms with Gasteiger partial charge in [-0.25, -0.2) is 9.98 Å². The number of nitrogens with one attached hydrogen (secondary N) is 2.